The lowest BCUT2D eigenvalue weighted by Gasteiger charge is -2.21. The van der Waals surface area contributed by atoms with Crippen LogP contribution >= 0.6 is 0 Å². The number of hydrogen-bond donors (Lipinski definition) is 1. The summed E-state index contributed by atoms with van der Waals surface area (Å²) in [5, 5.41) is 10.9. The van der Waals surface area contributed by atoms with Gasteiger partial charge < -0.3 is 5.11 Å². The minimum Gasteiger partial charge on any atom is -0.480 e. The van der Waals surface area contributed by atoms with Gasteiger partial charge >= 0.3 is 5.97 Å². The van der Waals surface area contributed by atoms with Crippen LogP contribution in [-0.4, -0.2) is 23.0 Å². The number of anilines is 1. The first-order chi connectivity index (χ1) is 8.61. The molecule has 0 saturated carbocycles. The van der Waals surface area contributed by atoms with Gasteiger partial charge in [0, 0.05) is 10.9 Å². The first kappa shape index (κ1) is 10.8. The fraction of sp³-hybridized carbons (Fsp3) is 0.143. The summed E-state index contributed by atoms with van der Waals surface area (Å²) in [6, 6.07) is 10.2. The van der Waals surface area contributed by atoms with Crippen LogP contribution in [0.15, 0.2) is 36.4 Å². The van der Waals surface area contributed by atoms with Crippen molar-refractivity contribution in [2.24, 2.45) is 0 Å². The van der Waals surface area contributed by atoms with E-state index in [1.165, 1.54) is 11.8 Å². The van der Waals surface area contributed by atoms with Gasteiger partial charge in [0.15, 0.2) is 0 Å². The second kappa shape index (κ2) is 3.57. The molecule has 0 spiro atoms. The zero-order valence-electron chi connectivity index (χ0n) is 9.75. The summed E-state index contributed by atoms with van der Waals surface area (Å²) < 4.78 is 0. The number of carboxylic acids is 1. The maximum Gasteiger partial charge on any atom is 0.326 e. The van der Waals surface area contributed by atoms with Crippen LogP contribution in [-0.2, 0) is 4.79 Å². The first-order valence-corrected chi connectivity index (χ1v) is 5.69. The van der Waals surface area contributed by atoms with E-state index in [0.29, 0.717) is 11.3 Å². The number of aliphatic carboxylic acids is 1. The Bertz CT molecular complexity index is 673. The summed E-state index contributed by atoms with van der Waals surface area (Å²) in [4.78, 5) is 24.7. The van der Waals surface area contributed by atoms with Gasteiger partial charge in [-0.1, -0.05) is 24.3 Å². The highest BCUT2D eigenvalue weighted by Crippen LogP contribution is 2.38. The molecule has 4 heteroatoms. The Balaban J connectivity index is 2.29. The Labute approximate surface area is 103 Å². The van der Waals surface area contributed by atoms with Crippen molar-refractivity contribution in [3.05, 3.63) is 42.0 Å². The van der Waals surface area contributed by atoms with E-state index in [9.17, 15) is 9.59 Å². The molecule has 0 fully saturated rings. The molecule has 1 amide bonds. The average Bonchev–Trinajstić information content (AvgIpc) is 2.65. The minimum absolute atomic E-state index is 0.239. The predicted molar refractivity (Wildman–Crippen MR) is 67.9 cm³/mol. The third kappa shape index (κ3) is 1.26. The molecular formula is C14H11NO3. The number of rotatable bonds is 2. The fourth-order valence-corrected chi connectivity index (χ4v) is 2.43. The third-order valence-corrected chi connectivity index (χ3v) is 3.34. The molecule has 0 aromatic heterocycles. The minimum atomic E-state index is -1.01. The molecule has 0 unspecified atom stereocenters. The molecule has 18 heavy (non-hydrogen) atoms. The van der Waals surface area contributed by atoms with Crippen molar-refractivity contribution in [1.82, 2.24) is 0 Å². The topological polar surface area (TPSA) is 57.6 Å². The monoisotopic (exact) mass is 241 g/mol. The largest absolute Gasteiger partial charge is 0.480 e. The van der Waals surface area contributed by atoms with Crippen LogP contribution in [0.1, 0.15) is 17.3 Å². The van der Waals surface area contributed by atoms with E-state index in [4.69, 9.17) is 5.11 Å². The number of amides is 1. The van der Waals surface area contributed by atoms with Crippen molar-refractivity contribution in [2.45, 2.75) is 13.0 Å². The number of hydrogen-bond acceptors (Lipinski definition) is 2. The Morgan fingerprint density at radius 3 is 2.56 bits per heavy atom. The molecule has 1 atom stereocenters. The molecule has 4 nitrogen and oxygen atoms in total. The van der Waals surface area contributed by atoms with Crippen LogP contribution in [0.2, 0.25) is 0 Å². The van der Waals surface area contributed by atoms with Gasteiger partial charge in [0.2, 0.25) is 0 Å². The van der Waals surface area contributed by atoms with Gasteiger partial charge in [0.05, 0.1) is 5.69 Å². The maximum absolute atomic E-state index is 12.3. The van der Waals surface area contributed by atoms with Crippen LogP contribution in [0.4, 0.5) is 5.69 Å². The highest BCUT2D eigenvalue weighted by Gasteiger charge is 2.35. The van der Waals surface area contributed by atoms with E-state index in [1.807, 2.05) is 24.3 Å². The zero-order chi connectivity index (χ0) is 12.9. The van der Waals surface area contributed by atoms with Crippen molar-refractivity contribution >= 4 is 28.3 Å². The van der Waals surface area contributed by atoms with E-state index < -0.39 is 12.0 Å². The molecule has 1 N–H and O–H groups in total. The van der Waals surface area contributed by atoms with Gasteiger partial charge in [-0.25, -0.2) is 4.79 Å². The number of carbonyl (C=O) groups is 2. The van der Waals surface area contributed by atoms with Crippen molar-refractivity contribution in [3.8, 4) is 0 Å². The lowest BCUT2D eigenvalue weighted by atomic mass is 10.1. The Kier molecular flexibility index (Phi) is 2.13. The highest BCUT2D eigenvalue weighted by atomic mass is 16.4. The maximum atomic E-state index is 12.3. The third-order valence-electron chi connectivity index (χ3n) is 3.34. The second-order valence-corrected chi connectivity index (χ2v) is 4.37. The van der Waals surface area contributed by atoms with Gasteiger partial charge in [-0.2, -0.15) is 0 Å². The molecule has 0 aliphatic carbocycles. The van der Waals surface area contributed by atoms with Crippen molar-refractivity contribution < 1.29 is 14.7 Å². The zero-order valence-corrected chi connectivity index (χ0v) is 9.75. The van der Waals surface area contributed by atoms with E-state index in [1.54, 1.807) is 12.1 Å². The predicted octanol–water partition coefficient (Wildman–Crippen LogP) is 2.27. The summed E-state index contributed by atoms with van der Waals surface area (Å²) in [6.45, 7) is 1.52. The van der Waals surface area contributed by atoms with Gasteiger partial charge in [-0.3, -0.25) is 9.69 Å². The fourth-order valence-electron chi connectivity index (χ4n) is 2.43. The highest BCUT2D eigenvalue weighted by molar-refractivity contribution is 6.26. The van der Waals surface area contributed by atoms with Gasteiger partial charge in [-0.15, -0.1) is 0 Å². The Morgan fingerprint density at radius 2 is 1.89 bits per heavy atom. The van der Waals surface area contributed by atoms with Gasteiger partial charge in [0.1, 0.15) is 6.04 Å². The van der Waals surface area contributed by atoms with E-state index in [0.717, 1.165) is 10.8 Å². The van der Waals surface area contributed by atoms with E-state index >= 15 is 0 Å². The lowest BCUT2D eigenvalue weighted by Crippen LogP contribution is -2.41. The van der Waals surface area contributed by atoms with E-state index in [2.05, 4.69) is 0 Å². The molecule has 1 heterocycles. The van der Waals surface area contributed by atoms with Crippen LogP contribution in [0, 0.1) is 0 Å². The molecule has 0 bridgehead atoms. The van der Waals surface area contributed by atoms with Crippen molar-refractivity contribution in [2.75, 3.05) is 4.90 Å². The summed E-state index contributed by atoms with van der Waals surface area (Å²) in [7, 11) is 0. The van der Waals surface area contributed by atoms with Crippen LogP contribution in [0.5, 0.6) is 0 Å². The molecular weight excluding hydrogens is 230 g/mol. The molecule has 2 aromatic rings. The Morgan fingerprint density at radius 1 is 1.22 bits per heavy atom. The van der Waals surface area contributed by atoms with Crippen LogP contribution in [0.25, 0.3) is 10.8 Å². The van der Waals surface area contributed by atoms with Crippen LogP contribution in [0.3, 0.4) is 0 Å². The standard InChI is InChI=1S/C14H11NO3/c1-8(14(17)18)15-11-7-3-5-9-4-2-6-10(12(9)11)13(15)16/h2-8H,1H3,(H,17,18)/t8-/m1/s1. The molecule has 3 rings (SSSR count). The summed E-state index contributed by atoms with van der Waals surface area (Å²) >= 11 is 0. The van der Waals surface area contributed by atoms with Crippen LogP contribution < -0.4 is 4.90 Å². The SMILES string of the molecule is C[C@H](C(=O)O)N1C(=O)c2cccc3cccc1c23. The molecule has 0 saturated heterocycles. The quantitative estimate of drug-likeness (QED) is 0.877. The molecule has 1 aliphatic heterocycles. The average molecular weight is 241 g/mol. The smallest absolute Gasteiger partial charge is 0.326 e. The van der Waals surface area contributed by atoms with Crippen molar-refractivity contribution in [1.29, 1.82) is 0 Å². The number of carbonyl (C=O) groups excluding carboxylic acids is 1. The Hall–Kier alpha value is -2.36. The van der Waals surface area contributed by atoms with Crippen molar-refractivity contribution in [3.63, 3.8) is 0 Å². The van der Waals surface area contributed by atoms with Gasteiger partial charge in [0.25, 0.3) is 5.91 Å². The summed E-state index contributed by atoms with van der Waals surface area (Å²) in [5.74, 6) is -1.25. The molecule has 1 aliphatic rings. The second-order valence-electron chi connectivity index (χ2n) is 4.37. The molecule has 0 radical (unpaired) electrons. The summed E-state index contributed by atoms with van der Waals surface area (Å²) in [6.07, 6.45) is 0. The molecule has 90 valence electrons. The lowest BCUT2D eigenvalue weighted by molar-refractivity contribution is -0.138. The number of carboxylic acid groups (broad SMARTS) is 1. The normalized spacial score (nSPS) is 15.2. The first-order valence-electron chi connectivity index (χ1n) is 5.69. The van der Waals surface area contributed by atoms with Gasteiger partial charge in [-0.05, 0) is 24.4 Å². The van der Waals surface area contributed by atoms with E-state index in [-0.39, 0.29) is 5.91 Å². The number of benzene rings is 2. The number of nitrogens with zero attached hydrogens (tertiary/aromatic N) is 1. The summed E-state index contributed by atoms with van der Waals surface area (Å²) in [5.41, 5.74) is 1.26. The molecule has 2 aromatic carbocycles.